The number of aromatic nitrogens is 2. The first kappa shape index (κ1) is 15.3. The van der Waals surface area contributed by atoms with Crippen LogP contribution in [0.5, 0.6) is 5.75 Å². The van der Waals surface area contributed by atoms with Gasteiger partial charge in [-0.1, -0.05) is 0 Å². The third-order valence-electron chi connectivity index (χ3n) is 2.95. The number of rotatable bonds is 6. The SMILES string of the molecule is COc1ccc(S(=O)(=O)NCCc2ccn(C)n2)c(N)c1. The maximum absolute atomic E-state index is 12.2. The average molecular weight is 310 g/mol. The van der Waals surface area contributed by atoms with Gasteiger partial charge in [-0.05, 0) is 18.2 Å². The molecular weight excluding hydrogens is 292 g/mol. The Morgan fingerprint density at radius 2 is 2.14 bits per heavy atom. The highest BCUT2D eigenvalue weighted by Crippen LogP contribution is 2.23. The van der Waals surface area contributed by atoms with Crippen molar-refractivity contribution in [2.45, 2.75) is 11.3 Å². The molecule has 0 atom stereocenters. The van der Waals surface area contributed by atoms with Crippen LogP contribution in [0.15, 0.2) is 35.4 Å². The molecule has 0 saturated carbocycles. The van der Waals surface area contributed by atoms with E-state index in [4.69, 9.17) is 10.5 Å². The second-order valence-corrected chi connectivity index (χ2v) is 6.27. The number of aryl methyl sites for hydroxylation is 1. The summed E-state index contributed by atoms with van der Waals surface area (Å²) >= 11 is 0. The zero-order valence-corrected chi connectivity index (χ0v) is 12.7. The second-order valence-electron chi connectivity index (χ2n) is 4.53. The molecule has 8 heteroatoms. The Hall–Kier alpha value is -2.06. The third-order valence-corrected chi connectivity index (χ3v) is 4.48. The van der Waals surface area contributed by atoms with Gasteiger partial charge in [-0.2, -0.15) is 5.10 Å². The summed E-state index contributed by atoms with van der Waals surface area (Å²) in [7, 11) is -0.339. The van der Waals surface area contributed by atoms with Gasteiger partial charge in [-0.15, -0.1) is 0 Å². The van der Waals surface area contributed by atoms with Gasteiger partial charge in [0.05, 0.1) is 18.5 Å². The molecule has 114 valence electrons. The number of nitrogens with two attached hydrogens (primary N) is 1. The molecule has 0 aliphatic rings. The minimum atomic E-state index is -3.64. The smallest absolute Gasteiger partial charge is 0.242 e. The number of ether oxygens (including phenoxy) is 1. The number of hydrogen-bond acceptors (Lipinski definition) is 5. The number of nitrogens with one attached hydrogen (secondary N) is 1. The summed E-state index contributed by atoms with van der Waals surface area (Å²) < 4.78 is 33.6. The Morgan fingerprint density at radius 3 is 2.71 bits per heavy atom. The summed E-state index contributed by atoms with van der Waals surface area (Å²) in [6, 6.07) is 6.31. The van der Waals surface area contributed by atoms with Crippen LogP contribution in [0.4, 0.5) is 5.69 Å². The summed E-state index contributed by atoms with van der Waals surface area (Å²) in [5, 5.41) is 4.18. The van der Waals surface area contributed by atoms with E-state index in [-0.39, 0.29) is 17.1 Å². The summed E-state index contributed by atoms with van der Waals surface area (Å²) in [6.07, 6.45) is 2.32. The molecule has 7 nitrogen and oxygen atoms in total. The van der Waals surface area contributed by atoms with Gasteiger partial charge in [0.1, 0.15) is 10.6 Å². The molecule has 0 radical (unpaired) electrons. The molecule has 0 aliphatic heterocycles. The minimum Gasteiger partial charge on any atom is -0.497 e. The summed E-state index contributed by atoms with van der Waals surface area (Å²) in [6.45, 7) is 0.255. The molecule has 1 aromatic heterocycles. The van der Waals surface area contributed by atoms with Crippen LogP contribution in [-0.2, 0) is 23.5 Å². The summed E-state index contributed by atoms with van der Waals surface area (Å²) in [5.41, 5.74) is 6.73. The molecule has 0 saturated heterocycles. The molecular formula is C13H18N4O3S. The highest BCUT2D eigenvalue weighted by Gasteiger charge is 2.17. The molecule has 2 rings (SSSR count). The molecule has 0 fully saturated rings. The molecule has 21 heavy (non-hydrogen) atoms. The van der Waals surface area contributed by atoms with Crippen LogP contribution in [0.1, 0.15) is 5.69 Å². The zero-order chi connectivity index (χ0) is 15.5. The molecule has 2 aromatic rings. The van der Waals surface area contributed by atoms with Crippen LogP contribution in [0.2, 0.25) is 0 Å². The molecule has 0 aliphatic carbocycles. The predicted molar refractivity (Wildman–Crippen MR) is 79.5 cm³/mol. The van der Waals surface area contributed by atoms with E-state index in [1.807, 2.05) is 19.3 Å². The van der Waals surface area contributed by atoms with Gasteiger partial charge in [0.25, 0.3) is 0 Å². The molecule has 0 unspecified atom stereocenters. The van der Waals surface area contributed by atoms with Gasteiger partial charge >= 0.3 is 0 Å². The number of benzene rings is 1. The number of methoxy groups -OCH3 is 1. The number of nitrogens with zero attached hydrogens (tertiary/aromatic N) is 2. The Bertz CT molecular complexity index is 725. The first-order valence-corrected chi connectivity index (χ1v) is 7.82. The molecule has 0 amide bonds. The van der Waals surface area contributed by atoms with Crippen LogP contribution in [0, 0.1) is 0 Å². The number of sulfonamides is 1. The lowest BCUT2D eigenvalue weighted by Gasteiger charge is -2.09. The lowest BCUT2D eigenvalue weighted by Crippen LogP contribution is -2.26. The fourth-order valence-corrected chi connectivity index (χ4v) is 3.03. The molecule has 0 bridgehead atoms. The van der Waals surface area contributed by atoms with Crippen molar-refractivity contribution in [3.63, 3.8) is 0 Å². The molecule has 1 heterocycles. The van der Waals surface area contributed by atoms with Crippen molar-refractivity contribution < 1.29 is 13.2 Å². The van der Waals surface area contributed by atoms with Gasteiger partial charge < -0.3 is 10.5 Å². The molecule has 3 N–H and O–H groups in total. The van der Waals surface area contributed by atoms with Crippen LogP contribution >= 0.6 is 0 Å². The third kappa shape index (κ3) is 3.73. The Balaban J connectivity index is 2.04. The van der Waals surface area contributed by atoms with Gasteiger partial charge in [0.2, 0.25) is 10.0 Å². The summed E-state index contributed by atoms with van der Waals surface area (Å²) in [4.78, 5) is 0.0457. The Morgan fingerprint density at radius 1 is 1.38 bits per heavy atom. The fourth-order valence-electron chi connectivity index (χ4n) is 1.89. The lowest BCUT2D eigenvalue weighted by atomic mass is 10.3. The maximum Gasteiger partial charge on any atom is 0.242 e. The number of anilines is 1. The predicted octanol–water partition coefficient (Wildman–Crippen LogP) is 0.532. The van der Waals surface area contributed by atoms with Crippen LogP contribution in [0.3, 0.4) is 0 Å². The number of nitrogen functional groups attached to an aromatic ring is 1. The fraction of sp³-hybridized carbons (Fsp3) is 0.308. The quantitative estimate of drug-likeness (QED) is 0.758. The normalized spacial score (nSPS) is 11.5. The van der Waals surface area contributed by atoms with Crippen LogP contribution in [0.25, 0.3) is 0 Å². The van der Waals surface area contributed by atoms with Gasteiger partial charge in [-0.25, -0.2) is 13.1 Å². The van der Waals surface area contributed by atoms with Crippen molar-refractivity contribution >= 4 is 15.7 Å². The average Bonchev–Trinajstić information content (AvgIpc) is 2.83. The van der Waals surface area contributed by atoms with Crippen molar-refractivity contribution in [3.8, 4) is 5.75 Å². The standard InChI is InChI=1S/C13H18N4O3S/c1-17-8-6-10(16-17)5-7-15-21(18,19)13-4-3-11(20-2)9-12(13)14/h3-4,6,8-9,15H,5,7,14H2,1-2H3. The largest absolute Gasteiger partial charge is 0.497 e. The van der Waals surface area contributed by atoms with Crippen LogP contribution in [-0.4, -0.2) is 31.9 Å². The minimum absolute atomic E-state index is 0.0457. The first-order valence-electron chi connectivity index (χ1n) is 6.34. The van der Waals surface area contributed by atoms with E-state index in [9.17, 15) is 8.42 Å². The zero-order valence-electron chi connectivity index (χ0n) is 11.9. The first-order chi connectivity index (χ1) is 9.92. The van der Waals surface area contributed by atoms with Crippen molar-refractivity contribution in [1.29, 1.82) is 0 Å². The highest BCUT2D eigenvalue weighted by molar-refractivity contribution is 7.89. The molecule has 1 aromatic carbocycles. The maximum atomic E-state index is 12.2. The highest BCUT2D eigenvalue weighted by atomic mass is 32.2. The van der Waals surface area contributed by atoms with E-state index in [1.54, 1.807) is 10.7 Å². The van der Waals surface area contributed by atoms with E-state index in [2.05, 4.69) is 9.82 Å². The van der Waals surface area contributed by atoms with Gasteiger partial charge in [0, 0.05) is 32.3 Å². The van der Waals surface area contributed by atoms with Gasteiger partial charge in [-0.3, -0.25) is 4.68 Å². The lowest BCUT2D eigenvalue weighted by molar-refractivity contribution is 0.414. The second kappa shape index (κ2) is 6.15. The van der Waals surface area contributed by atoms with Gasteiger partial charge in [0.15, 0.2) is 0 Å². The van der Waals surface area contributed by atoms with E-state index in [0.29, 0.717) is 12.2 Å². The monoisotopic (exact) mass is 310 g/mol. The van der Waals surface area contributed by atoms with E-state index in [1.165, 1.54) is 19.2 Å². The summed E-state index contributed by atoms with van der Waals surface area (Å²) in [5.74, 6) is 0.514. The Kier molecular flexibility index (Phi) is 4.49. The van der Waals surface area contributed by atoms with E-state index >= 15 is 0 Å². The van der Waals surface area contributed by atoms with Crippen molar-refractivity contribution in [3.05, 3.63) is 36.2 Å². The van der Waals surface area contributed by atoms with Crippen molar-refractivity contribution in [1.82, 2.24) is 14.5 Å². The van der Waals surface area contributed by atoms with E-state index in [0.717, 1.165) is 5.69 Å². The Labute approximate surface area is 123 Å². The van der Waals surface area contributed by atoms with Crippen molar-refractivity contribution in [2.75, 3.05) is 19.4 Å². The van der Waals surface area contributed by atoms with E-state index < -0.39 is 10.0 Å². The topological polar surface area (TPSA) is 99.2 Å². The van der Waals surface area contributed by atoms with Crippen molar-refractivity contribution in [2.24, 2.45) is 7.05 Å². The van der Waals surface area contributed by atoms with Crippen LogP contribution < -0.4 is 15.2 Å². The number of hydrogen-bond donors (Lipinski definition) is 2. The molecule has 0 spiro atoms.